The minimum absolute atomic E-state index is 0.0281. The Kier molecular flexibility index (Phi) is 4.66. The summed E-state index contributed by atoms with van der Waals surface area (Å²) in [5.41, 5.74) is 0.0652. The molecule has 0 N–H and O–H groups in total. The topological polar surface area (TPSA) is 80.3 Å². The molecule has 0 radical (unpaired) electrons. The van der Waals surface area contributed by atoms with E-state index in [1.54, 1.807) is 30.3 Å². The van der Waals surface area contributed by atoms with Crippen LogP contribution < -0.4 is 10.2 Å². The molecule has 0 saturated heterocycles. The summed E-state index contributed by atoms with van der Waals surface area (Å²) in [4.78, 5) is 23.0. The SMILES string of the molecule is O=C([O-])c1ccccc1Sc1ccc(I)cc1C(=O)[O-]. The Morgan fingerprint density at radius 1 is 0.900 bits per heavy atom. The minimum Gasteiger partial charge on any atom is -0.545 e. The second-order valence-corrected chi connectivity index (χ2v) is 6.14. The number of benzene rings is 2. The molecule has 0 atom stereocenters. The van der Waals surface area contributed by atoms with Gasteiger partial charge < -0.3 is 19.8 Å². The summed E-state index contributed by atoms with van der Waals surface area (Å²) in [6.07, 6.45) is 0. The van der Waals surface area contributed by atoms with Crippen LogP contribution in [0.15, 0.2) is 52.3 Å². The highest BCUT2D eigenvalue weighted by Crippen LogP contribution is 2.33. The average molecular weight is 398 g/mol. The van der Waals surface area contributed by atoms with Gasteiger partial charge in [-0.3, -0.25) is 0 Å². The molecule has 2 aromatic rings. The summed E-state index contributed by atoms with van der Waals surface area (Å²) >= 11 is 3.06. The molecule has 0 amide bonds. The lowest BCUT2D eigenvalue weighted by molar-refractivity contribution is -0.256. The summed E-state index contributed by atoms with van der Waals surface area (Å²) in [6.45, 7) is 0. The van der Waals surface area contributed by atoms with Gasteiger partial charge in [-0.2, -0.15) is 0 Å². The Hall–Kier alpha value is -1.54. The van der Waals surface area contributed by atoms with Crippen molar-refractivity contribution in [2.24, 2.45) is 0 Å². The first-order chi connectivity index (χ1) is 9.49. The van der Waals surface area contributed by atoms with Crippen molar-refractivity contribution in [3.05, 3.63) is 57.2 Å². The maximum atomic E-state index is 11.1. The second-order valence-electron chi connectivity index (χ2n) is 3.81. The minimum atomic E-state index is -1.30. The van der Waals surface area contributed by atoms with Crippen LogP contribution in [-0.4, -0.2) is 11.9 Å². The summed E-state index contributed by atoms with van der Waals surface area (Å²) in [6, 6.07) is 11.2. The van der Waals surface area contributed by atoms with E-state index in [2.05, 4.69) is 0 Å². The molecule has 102 valence electrons. The van der Waals surface area contributed by atoms with Crippen molar-refractivity contribution in [3.8, 4) is 0 Å². The van der Waals surface area contributed by atoms with Crippen molar-refractivity contribution in [1.82, 2.24) is 0 Å². The molecule has 0 aliphatic heterocycles. The Morgan fingerprint density at radius 3 is 2.15 bits per heavy atom. The Morgan fingerprint density at radius 2 is 1.50 bits per heavy atom. The van der Waals surface area contributed by atoms with Gasteiger partial charge in [0.1, 0.15) is 0 Å². The molecule has 0 heterocycles. The molecular weight excluding hydrogens is 391 g/mol. The quantitative estimate of drug-likeness (QED) is 0.723. The lowest BCUT2D eigenvalue weighted by Crippen LogP contribution is -2.24. The van der Waals surface area contributed by atoms with E-state index in [1.165, 1.54) is 12.1 Å². The fourth-order valence-corrected chi connectivity index (χ4v) is 3.12. The van der Waals surface area contributed by atoms with Crippen molar-refractivity contribution in [3.63, 3.8) is 0 Å². The van der Waals surface area contributed by atoms with E-state index in [0.29, 0.717) is 9.79 Å². The highest BCUT2D eigenvalue weighted by atomic mass is 127. The molecule has 0 aliphatic rings. The van der Waals surface area contributed by atoms with Crippen molar-refractivity contribution in [1.29, 1.82) is 0 Å². The lowest BCUT2D eigenvalue weighted by Gasteiger charge is -2.13. The smallest absolute Gasteiger partial charge is 0.0727 e. The van der Waals surface area contributed by atoms with E-state index in [-0.39, 0.29) is 11.1 Å². The third kappa shape index (κ3) is 3.31. The third-order valence-electron chi connectivity index (χ3n) is 2.49. The van der Waals surface area contributed by atoms with Crippen LogP contribution in [0.1, 0.15) is 20.7 Å². The van der Waals surface area contributed by atoms with Gasteiger partial charge in [-0.1, -0.05) is 30.0 Å². The molecule has 0 aromatic heterocycles. The van der Waals surface area contributed by atoms with Crippen LogP contribution in [0, 0.1) is 3.57 Å². The van der Waals surface area contributed by atoms with Gasteiger partial charge in [-0.15, -0.1) is 0 Å². The zero-order valence-corrected chi connectivity index (χ0v) is 12.9. The van der Waals surface area contributed by atoms with Crippen LogP contribution in [0.3, 0.4) is 0 Å². The van der Waals surface area contributed by atoms with Gasteiger partial charge in [-0.25, -0.2) is 0 Å². The van der Waals surface area contributed by atoms with Gasteiger partial charge in [0.2, 0.25) is 0 Å². The first-order valence-corrected chi connectivity index (χ1v) is 7.37. The Labute approximate surface area is 133 Å². The van der Waals surface area contributed by atoms with E-state index in [1.807, 2.05) is 22.6 Å². The van der Waals surface area contributed by atoms with Crippen molar-refractivity contribution in [2.75, 3.05) is 0 Å². The maximum Gasteiger partial charge on any atom is 0.0727 e. The first-order valence-electron chi connectivity index (χ1n) is 5.48. The average Bonchev–Trinajstić information content (AvgIpc) is 2.41. The lowest BCUT2D eigenvalue weighted by atomic mass is 10.2. The fraction of sp³-hybridized carbons (Fsp3) is 0. The van der Waals surface area contributed by atoms with Crippen LogP contribution in [0.4, 0.5) is 0 Å². The van der Waals surface area contributed by atoms with Gasteiger partial charge in [0.15, 0.2) is 0 Å². The number of rotatable bonds is 4. The van der Waals surface area contributed by atoms with Crippen LogP contribution in [0.5, 0.6) is 0 Å². The molecule has 0 spiro atoms. The van der Waals surface area contributed by atoms with Crippen molar-refractivity contribution < 1.29 is 19.8 Å². The van der Waals surface area contributed by atoms with Gasteiger partial charge in [0.25, 0.3) is 0 Å². The Bertz CT molecular complexity index is 685. The molecule has 0 aliphatic carbocycles. The van der Waals surface area contributed by atoms with E-state index in [4.69, 9.17) is 0 Å². The maximum absolute atomic E-state index is 11.1. The molecular formula is C14H7IO4S-2. The monoisotopic (exact) mass is 398 g/mol. The highest BCUT2D eigenvalue weighted by molar-refractivity contribution is 14.1. The van der Waals surface area contributed by atoms with E-state index in [0.717, 1.165) is 15.3 Å². The predicted molar refractivity (Wildman–Crippen MR) is 78.4 cm³/mol. The molecule has 20 heavy (non-hydrogen) atoms. The van der Waals surface area contributed by atoms with E-state index < -0.39 is 11.9 Å². The molecule has 0 fully saturated rings. The Balaban J connectivity index is 2.45. The fourth-order valence-electron chi connectivity index (χ4n) is 1.59. The molecule has 4 nitrogen and oxygen atoms in total. The number of carboxylic acid groups (broad SMARTS) is 2. The molecule has 0 unspecified atom stereocenters. The normalized spacial score (nSPS) is 10.2. The predicted octanol–water partition coefficient (Wildman–Crippen LogP) is 1.17. The molecule has 0 bridgehead atoms. The largest absolute Gasteiger partial charge is 0.545 e. The number of carbonyl (C=O) groups excluding carboxylic acids is 2. The summed E-state index contributed by atoms with van der Waals surface area (Å²) in [5.74, 6) is -2.59. The second kappa shape index (κ2) is 6.27. The molecule has 6 heteroatoms. The highest BCUT2D eigenvalue weighted by Gasteiger charge is 2.09. The van der Waals surface area contributed by atoms with Gasteiger partial charge in [-0.05, 0) is 46.9 Å². The summed E-state index contributed by atoms with van der Waals surface area (Å²) in [7, 11) is 0. The summed E-state index contributed by atoms with van der Waals surface area (Å²) < 4.78 is 0.763. The third-order valence-corrected chi connectivity index (χ3v) is 4.31. The van der Waals surface area contributed by atoms with E-state index >= 15 is 0 Å². The van der Waals surface area contributed by atoms with Crippen molar-refractivity contribution >= 4 is 46.3 Å². The first kappa shape index (κ1) is 14.9. The van der Waals surface area contributed by atoms with Crippen molar-refractivity contribution in [2.45, 2.75) is 9.79 Å². The van der Waals surface area contributed by atoms with Gasteiger partial charge in [0, 0.05) is 24.5 Å². The van der Waals surface area contributed by atoms with Crippen LogP contribution in [0.25, 0.3) is 0 Å². The molecule has 2 rings (SSSR count). The standard InChI is InChI=1S/C14H9IO4S/c15-8-5-6-12(10(7-8)14(18)19)20-11-4-2-1-3-9(11)13(16)17/h1-7H,(H,16,17)(H,18,19)/p-2. The molecule has 2 aromatic carbocycles. The number of aromatic carboxylic acids is 2. The van der Waals surface area contributed by atoms with Gasteiger partial charge >= 0.3 is 0 Å². The number of carbonyl (C=O) groups is 2. The van der Waals surface area contributed by atoms with Gasteiger partial charge in [0.05, 0.1) is 11.9 Å². The summed E-state index contributed by atoms with van der Waals surface area (Å²) in [5, 5.41) is 22.2. The number of carboxylic acids is 2. The number of hydrogen-bond donors (Lipinski definition) is 0. The zero-order chi connectivity index (χ0) is 14.7. The van der Waals surface area contributed by atoms with E-state index in [9.17, 15) is 19.8 Å². The van der Waals surface area contributed by atoms with Crippen LogP contribution >= 0.6 is 34.4 Å². The number of hydrogen-bond acceptors (Lipinski definition) is 5. The zero-order valence-electron chi connectivity index (χ0n) is 9.96. The van der Waals surface area contributed by atoms with Crippen LogP contribution in [-0.2, 0) is 0 Å². The molecule has 0 saturated carbocycles. The number of halogens is 1. The van der Waals surface area contributed by atoms with Crippen LogP contribution in [0.2, 0.25) is 0 Å².